The summed E-state index contributed by atoms with van der Waals surface area (Å²) in [4.78, 5) is 6.74. The first-order chi connectivity index (χ1) is 10.8. The molecule has 0 bridgehead atoms. The molecule has 4 rings (SSSR count). The largest absolute Gasteiger partial charge is 0.362 e. The Labute approximate surface area is 133 Å². The average molecular weight is 312 g/mol. The lowest BCUT2D eigenvalue weighted by atomic mass is 10.2. The number of anilines is 1. The number of benzene rings is 2. The summed E-state index contributed by atoms with van der Waals surface area (Å²) in [6, 6.07) is 15.9. The summed E-state index contributed by atoms with van der Waals surface area (Å²) in [6.45, 7) is 1.59. The third-order valence-electron chi connectivity index (χ3n) is 3.89. The molecule has 22 heavy (non-hydrogen) atoms. The van der Waals surface area contributed by atoms with Gasteiger partial charge in [-0.2, -0.15) is 4.98 Å². The molecule has 0 atom stereocenters. The van der Waals surface area contributed by atoms with Gasteiger partial charge in [0.15, 0.2) is 0 Å². The van der Waals surface area contributed by atoms with Gasteiger partial charge in [-0.15, -0.1) is 0 Å². The van der Waals surface area contributed by atoms with E-state index in [1.54, 1.807) is 0 Å². The quantitative estimate of drug-likeness (QED) is 0.734. The smallest absolute Gasteiger partial charge is 0.246 e. The number of halogens is 1. The second-order valence-corrected chi connectivity index (χ2v) is 5.70. The molecular formula is C17H14ClN3O. The fourth-order valence-corrected chi connectivity index (χ4v) is 3.03. The zero-order valence-electron chi connectivity index (χ0n) is 11.9. The Morgan fingerprint density at radius 2 is 1.91 bits per heavy atom. The normalized spacial score (nSPS) is 13.4. The van der Waals surface area contributed by atoms with Crippen molar-refractivity contribution in [3.8, 4) is 11.4 Å². The Hall–Kier alpha value is -2.33. The molecule has 0 fully saturated rings. The number of fused-ring (bicyclic) bond motifs is 1. The maximum Gasteiger partial charge on any atom is 0.246 e. The number of hydrogen-bond acceptors (Lipinski definition) is 4. The van der Waals surface area contributed by atoms with Crippen LogP contribution in [0.4, 0.5) is 5.69 Å². The molecule has 5 heteroatoms. The second-order valence-electron chi connectivity index (χ2n) is 5.29. The van der Waals surface area contributed by atoms with Crippen LogP contribution in [0.2, 0.25) is 5.02 Å². The van der Waals surface area contributed by atoms with Crippen molar-refractivity contribution in [1.82, 2.24) is 10.1 Å². The molecule has 2 heterocycles. The van der Waals surface area contributed by atoms with Crippen LogP contribution in [0.1, 0.15) is 11.5 Å². The lowest BCUT2D eigenvalue weighted by molar-refractivity contribution is 0.377. The fourth-order valence-electron chi connectivity index (χ4n) is 2.81. The summed E-state index contributed by atoms with van der Waals surface area (Å²) in [5, 5.41) is 4.67. The molecule has 0 aliphatic carbocycles. The van der Waals surface area contributed by atoms with E-state index in [1.165, 1.54) is 11.3 Å². The fraction of sp³-hybridized carbons (Fsp3) is 0.176. The molecule has 3 aromatic rings. The molecule has 110 valence electrons. The van der Waals surface area contributed by atoms with Crippen molar-refractivity contribution in [2.45, 2.75) is 13.0 Å². The van der Waals surface area contributed by atoms with Crippen LogP contribution in [0.5, 0.6) is 0 Å². The zero-order valence-corrected chi connectivity index (χ0v) is 12.6. The lowest BCUT2D eigenvalue weighted by Crippen LogP contribution is -2.19. The summed E-state index contributed by atoms with van der Waals surface area (Å²) in [6.07, 6.45) is 1.06. The van der Waals surface area contributed by atoms with Crippen LogP contribution in [0, 0.1) is 0 Å². The number of hydrogen-bond donors (Lipinski definition) is 0. The second kappa shape index (κ2) is 5.46. The number of nitrogens with zero attached hydrogens (tertiary/aromatic N) is 3. The van der Waals surface area contributed by atoms with Crippen molar-refractivity contribution in [2.24, 2.45) is 0 Å². The van der Waals surface area contributed by atoms with E-state index in [1.807, 2.05) is 24.3 Å². The maximum absolute atomic E-state index is 6.17. The van der Waals surface area contributed by atoms with Gasteiger partial charge in [-0.3, -0.25) is 0 Å². The van der Waals surface area contributed by atoms with E-state index in [2.05, 4.69) is 39.3 Å². The Bertz CT molecular complexity index is 815. The lowest BCUT2D eigenvalue weighted by Gasteiger charge is -2.16. The van der Waals surface area contributed by atoms with Gasteiger partial charge in [-0.25, -0.2) is 0 Å². The van der Waals surface area contributed by atoms with Gasteiger partial charge in [0.1, 0.15) is 0 Å². The average Bonchev–Trinajstić information content (AvgIpc) is 3.16. The summed E-state index contributed by atoms with van der Waals surface area (Å²) in [7, 11) is 0. The number of rotatable bonds is 3. The van der Waals surface area contributed by atoms with Crippen LogP contribution in [-0.4, -0.2) is 16.7 Å². The van der Waals surface area contributed by atoms with Crippen molar-refractivity contribution in [2.75, 3.05) is 11.4 Å². The molecular weight excluding hydrogens is 298 g/mol. The Kier molecular flexibility index (Phi) is 3.31. The topological polar surface area (TPSA) is 42.2 Å². The molecule has 0 saturated carbocycles. The number of para-hydroxylation sites is 1. The summed E-state index contributed by atoms with van der Waals surface area (Å²) < 4.78 is 5.39. The van der Waals surface area contributed by atoms with E-state index < -0.39 is 0 Å². The van der Waals surface area contributed by atoms with E-state index in [-0.39, 0.29) is 0 Å². The highest BCUT2D eigenvalue weighted by molar-refractivity contribution is 6.33. The third-order valence-corrected chi connectivity index (χ3v) is 4.22. The SMILES string of the molecule is Clc1ccccc1-c1noc(CN2CCc3ccccc32)n1. The van der Waals surface area contributed by atoms with Crippen LogP contribution in [0.3, 0.4) is 0 Å². The summed E-state index contributed by atoms with van der Waals surface area (Å²) in [5.74, 6) is 1.14. The highest BCUT2D eigenvalue weighted by Crippen LogP contribution is 2.29. The third kappa shape index (κ3) is 2.35. The minimum atomic E-state index is 0.535. The van der Waals surface area contributed by atoms with Crippen molar-refractivity contribution in [3.05, 3.63) is 65.0 Å². The molecule has 0 unspecified atom stereocenters. The predicted octanol–water partition coefficient (Wildman–Crippen LogP) is 3.95. The molecule has 0 amide bonds. The van der Waals surface area contributed by atoms with Crippen LogP contribution < -0.4 is 4.90 Å². The van der Waals surface area contributed by atoms with Gasteiger partial charge >= 0.3 is 0 Å². The molecule has 1 aliphatic heterocycles. The Morgan fingerprint density at radius 1 is 1.09 bits per heavy atom. The minimum Gasteiger partial charge on any atom is -0.362 e. The van der Waals surface area contributed by atoms with Crippen LogP contribution in [-0.2, 0) is 13.0 Å². The predicted molar refractivity (Wildman–Crippen MR) is 85.9 cm³/mol. The molecule has 0 N–H and O–H groups in total. The van der Waals surface area contributed by atoms with Gasteiger partial charge < -0.3 is 9.42 Å². The highest BCUT2D eigenvalue weighted by Gasteiger charge is 2.21. The van der Waals surface area contributed by atoms with Crippen molar-refractivity contribution in [3.63, 3.8) is 0 Å². The van der Waals surface area contributed by atoms with Gasteiger partial charge in [0.25, 0.3) is 0 Å². The zero-order chi connectivity index (χ0) is 14.9. The van der Waals surface area contributed by atoms with E-state index >= 15 is 0 Å². The minimum absolute atomic E-state index is 0.535. The molecule has 2 aromatic carbocycles. The summed E-state index contributed by atoms with van der Waals surface area (Å²) in [5.41, 5.74) is 3.41. The van der Waals surface area contributed by atoms with Crippen molar-refractivity contribution >= 4 is 17.3 Å². The van der Waals surface area contributed by atoms with Crippen molar-refractivity contribution in [1.29, 1.82) is 0 Å². The Balaban J connectivity index is 1.58. The van der Waals surface area contributed by atoms with Crippen molar-refractivity contribution < 1.29 is 4.52 Å². The van der Waals surface area contributed by atoms with E-state index in [9.17, 15) is 0 Å². The van der Waals surface area contributed by atoms with E-state index in [0.29, 0.717) is 23.3 Å². The molecule has 0 saturated heterocycles. The van der Waals surface area contributed by atoms with Crippen LogP contribution in [0.25, 0.3) is 11.4 Å². The van der Waals surface area contributed by atoms with Gasteiger partial charge in [-0.05, 0) is 30.2 Å². The van der Waals surface area contributed by atoms with E-state index in [0.717, 1.165) is 18.5 Å². The molecule has 1 aromatic heterocycles. The first kappa shape index (κ1) is 13.3. The molecule has 0 radical (unpaired) electrons. The molecule has 4 nitrogen and oxygen atoms in total. The monoisotopic (exact) mass is 311 g/mol. The Morgan fingerprint density at radius 3 is 2.82 bits per heavy atom. The summed E-state index contributed by atoms with van der Waals surface area (Å²) >= 11 is 6.17. The first-order valence-corrected chi connectivity index (χ1v) is 7.59. The number of aromatic nitrogens is 2. The van der Waals surface area contributed by atoms with Gasteiger partial charge in [0, 0.05) is 17.8 Å². The molecule has 1 aliphatic rings. The first-order valence-electron chi connectivity index (χ1n) is 7.21. The van der Waals surface area contributed by atoms with Gasteiger partial charge in [-0.1, -0.05) is 47.1 Å². The standard InChI is InChI=1S/C17H14ClN3O/c18-14-7-3-2-6-13(14)17-19-16(22-20-17)11-21-10-9-12-5-1-4-8-15(12)21/h1-8H,9-11H2. The van der Waals surface area contributed by atoms with Gasteiger partial charge in [0.2, 0.25) is 11.7 Å². The highest BCUT2D eigenvalue weighted by atomic mass is 35.5. The van der Waals surface area contributed by atoms with Gasteiger partial charge in [0.05, 0.1) is 11.6 Å². The van der Waals surface area contributed by atoms with Crippen LogP contribution in [0.15, 0.2) is 53.1 Å². The molecule has 0 spiro atoms. The maximum atomic E-state index is 6.17. The van der Waals surface area contributed by atoms with Crippen LogP contribution >= 0.6 is 11.6 Å². The van der Waals surface area contributed by atoms with E-state index in [4.69, 9.17) is 16.1 Å².